The van der Waals surface area contributed by atoms with E-state index in [1.807, 2.05) is 12.1 Å². The van der Waals surface area contributed by atoms with Crippen molar-refractivity contribution >= 4 is 11.8 Å². The Balaban J connectivity index is 1.95. The minimum atomic E-state index is -0.407. The molecule has 0 bridgehead atoms. The van der Waals surface area contributed by atoms with Crippen molar-refractivity contribution in [1.29, 1.82) is 0 Å². The number of hydrogen-bond acceptors (Lipinski definition) is 3. The Labute approximate surface area is 153 Å². The number of nitrogens with one attached hydrogen (secondary N) is 2. The normalized spacial score (nSPS) is 11.6. The first-order valence-corrected chi connectivity index (χ1v) is 8.73. The largest absolute Gasteiger partial charge is 0.356 e. The molecule has 1 unspecified atom stereocenters. The number of carbonyl (C=O) groups excluding carboxylic acids is 2. The third-order valence-electron chi connectivity index (χ3n) is 4.03. The Morgan fingerprint density at radius 3 is 2.38 bits per heavy atom. The second-order valence-electron chi connectivity index (χ2n) is 6.15. The van der Waals surface area contributed by atoms with Crippen molar-refractivity contribution in [2.75, 3.05) is 13.1 Å². The highest BCUT2D eigenvalue weighted by molar-refractivity contribution is 5.84. The highest BCUT2D eigenvalue weighted by Gasteiger charge is 2.21. The van der Waals surface area contributed by atoms with Crippen molar-refractivity contribution in [2.24, 2.45) is 0 Å². The molecule has 5 nitrogen and oxygen atoms in total. The van der Waals surface area contributed by atoms with Crippen LogP contribution in [0, 0.1) is 5.82 Å². The maximum atomic E-state index is 13.2. The number of carbonyl (C=O) groups is 2. The number of benzene rings is 1. The molecule has 6 heteroatoms. The van der Waals surface area contributed by atoms with Crippen LogP contribution in [0.2, 0.25) is 0 Å². The molecule has 0 fully saturated rings. The van der Waals surface area contributed by atoms with Gasteiger partial charge in [0.2, 0.25) is 11.8 Å². The summed E-state index contributed by atoms with van der Waals surface area (Å²) >= 11 is 0. The molecule has 1 heterocycles. The number of amides is 2. The van der Waals surface area contributed by atoms with Crippen molar-refractivity contribution in [3.63, 3.8) is 0 Å². The maximum absolute atomic E-state index is 13.2. The zero-order chi connectivity index (χ0) is 18.8. The molecule has 1 aromatic carbocycles. The van der Waals surface area contributed by atoms with Crippen molar-refractivity contribution in [1.82, 2.24) is 15.6 Å². The van der Waals surface area contributed by atoms with Crippen LogP contribution < -0.4 is 10.6 Å². The van der Waals surface area contributed by atoms with Crippen molar-refractivity contribution < 1.29 is 14.0 Å². The van der Waals surface area contributed by atoms with Gasteiger partial charge < -0.3 is 10.6 Å². The molecule has 0 spiro atoms. The molecule has 138 valence electrons. The summed E-state index contributed by atoms with van der Waals surface area (Å²) in [5.74, 6) is -0.885. The van der Waals surface area contributed by atoms with Gasteiger partial charge in [0.15, 0.2) is 0 Å². The van der Waals surface area contributed by atoms with E-state index in [4.69, 9.17) is 0 Å². The lowest BCUT2D eigenvalue weighted by atomic mass is 9.91. The van der Waals surface area contributed by atoms with Crippen LogP contribution in [-0.4, -0.2) is 29.9 Å². The molecule has 0 aliphatic heterocycles. The number of nitrogens with zero attached hydrogens (tertiary/aromatic N) is 1. The second-order valence-corrected chi connectivity index (χ2v) is 6.15. The van der Waals surface area contributed by atoms with Gasteiger partial charge in [-0.1, -0.05) is 18.2 Å². The highest BCUT2D eigenvalue weighted by Crippen LogP contribution is 2.21. The molecule has 0 saturated heterocycles. The van der Waals surface area contributed by atoms with Gasteiger partial charge >= 0.3 is 0 Å². The Kier molecular flexibility index (Phi) is 7.74. The molecule has 2 N–H and O–H groups in total. The van der Waals surface area contributed by atoms with Crippen LogP contribution in [0.25, 0.3) is 0 Å². The molecule has 26 heavy (non-hydrogen) atoms. The number of unbranched alkanes of at least 4 members (excludes halogenated alkanes) is 1. The lowest BCUT2D eigenvalue weighted by Gasteiger charge is -2.17. The zero-order valence-corrected chi connectivity index (χ0v) is 14.9. The van der Waals surface area contributed by atoms with Gasteiger partial charge in [0.25, 0.3) is 0 Å². The fourth-order valence-corrected chi connectivity index (χ4v) is 2.66. The summed E-state index contributed by atoms with van der Waals surface area (Å²) in [6, 6.07) is 9.78. The van der Waals surface area contributed by atoms with Gasteiger partial charge in [0.1, 0.15) is 5.82 Å². The SMILES string of the molecule is CC(=O)NCCCCNC(=O)C(Cc1cccnc1)c1ccc(F)cc1. The molecular weight excluding hydrogens is 333 g/mol. The van der Waals surface area contributed by atoms with Gasteiger partial charge in [0.05, 0.1) is 5.92 Å². The van der Waals surface area contributed by atoms with Crippen molar-refractivity contribution in [3.05, 3.63) is 65.7 Å². The van der Waals surface area contributed by atoms with Crippen LogP contribution in [0.4, 0.5) is 4.39 Å². The molecule has 0 aliphatic carbocycles. The van der Waals surface area contributed by atoms with E-state index >= 15 is 0 Å². The van der Waals surface area contributed by atoms with Crippen molar-refractivity contribution in [2.45, 2.75) is 32.1 Å². The summed E-state index contributed by atoms with van der Waals surface area (Å²) in [6.07, 6.45) is 5.48. The molecule has 0 aliphatic rings. The third kappa shape index (κ3) is 6.63. The molecule has 2 rings (SSSR count). The fourth-order valence-electron chi connectivity index (χ4n) is 2.66. The van der Waals surface area contributed by atoms with Crippen LogP contribution >= 0.6 is 0 Å². The first kappa shape index (κ1) is 19.6. The average molecular weight is 357 g/mol. The lowest BCUT2D eigenvalue weighted by molar-refractivity contribution is -0.122. The molecule has 0 radical (unpaired) electrons. The van der Waals surface area contributed by atoms with Crippen LogP contribution in [0.3, 0.4) is 0 Å². The predicted octanol–water partition coefficient (Wildman–Crippen LogP) is 2.58. The fraction of sp³-hybridized carbons (Fsp3) is 0.350. The number of rotatable bonds is 9. The van der Waals surface area contributed by atoms with Crippen LogP contribution in [0.15, 0.2) is 48.8 Å². The summed E-state index contributed by atoms with van der Waals surface area (Å²) in [6.45, 7) is 2.61. The second kappa shape index (κ2) is 10.3. The molecule has 1 atom stereocenters. The monoisotopic (exact) mass is 357 g/mol. The van der Waals surface area contributed by atoms with Crippen LogP contribution in [0.5, 0.6) is 0 Å². The van der Waals surface area contributed by atoms with Gasteiger partial charge in [-0.25, -0.2) is 4.39 Å². The Morgan fingerprint density at radius 2 is 1.77 bits per heavy atom. The Hall–Kier alpha value is -2.76. The zero-order valence-electron chi connectivity index (χ0n) is 14.9. The molecule has 1 aromatic heterocycles. The van der Waals surface area contributed by atoms with Gasteiger partial charge in [-0.05, 0) is 48.6 Å². The summed E-state index contributed by atoms with van der Waals surface area (Å²) in [4.78, 5) is 27.6. The summed E-state index contributed by atoms with van der Waals surface area (Å²) in [7, 11) is 0. The van der Waals surface area contributed by atoms with E-state index in [0.717, 1.165) is 24.0 Å². The van der Waals surface area contributed by atoms with Gasteiger partial charge in [-0.3, -0.25) is 14.6 Å². The van der Waals surface area contributed by atoms with E-state index in [1.54, 1.807) is 24.5 Å². The number of halogens is 1. The summed E-state index contributed by atoms with van der Waals surface area (Å²) < 4.78 is 13.2. The maximum Gasteiger partial charge on any atom is 0.227 e. The molecular formula is C20H24FN3O2. The minimum Gasteiger partial charge on any atom is -0.356 e. The van der Waals surface area contributed by atoms with E-state index in [9.17, 15) is 14.0 Å². The first-order valence-electron chi connectivity index (χ1n) is 8.73. The first-order chi connectivity index (χ1) is 12.6. The third-order valence-corrected chi connectivity index (χ3v) is 4.03. The lowest BCUT2D eigenvalue weighted by Crippen LogP contribution is -2.32. The smallest absolute Gasteiger partial charge is 0.227 e. The van der Waals surface area contributed by atoms with Crippen LogP contribution in [0.1, 0.15) is 36.8 Å². The summed E-state index contributed by atoms with van der Waals surface area (Å²) in [5.41, 5.74) is 1.72. The molecule has 2 amide bonds. The quantitative estimate of drug-likeness (QED) is 0.678. The van der Waals surface area contributed by atoms with E-state index in [1.165, 1.54) is 19.1 Å². The van der Waals surface area contributed by atoms with E-state index in [2.05, 4.69) is 15.6 Å². The van der Waals surface area contributed by atoms with Gasteiger partial charge in [-0.15, -0.1) is 0 Å². The topological polar surface area (TPSA) is 71.1 Å². The summed E-state index contributed by atoms with van der Waals surface area (Å²) in [5, 5.41) is 5.66. The minimum absolute atomic E-state index is 0.0538. The molecule has 2 aromatic rings. The number of pyridine rings is 1. The Bertz CT molecular complexity index is 705. The number of aromatic nitrogens is 1. The van der Waals surface area contributed by atoms with E-state index < -0.39 is 5.92 Å². The van der Waals surface area contributed by atoms with Crippen LogP contribution in [-0.2, 0) is 16.0 Å². The Morgan fingerprint density at radius 1 is 1.08 bits per heavy atom. The van der Waals surface area contributed by atoms with Gasteiger partial charge in [0, 0.05) is 32.4 Å². The van der Waals surface area contributed by atoms with Gasteiger partial charge in [-0.2, -0.15) is 0 Å². The predicted molar refractivity (Wildman–Crippen MR) is 98.0 cm³/mol. The number of hydrogen-bond donors (Lipinski definition) is 2. The average Bonchev–Trinajstić information content (AvgIpc) is 2.64. The van der Waals surface area contributed by atoms with Crippen molar-refractivity contribution in [3.8, 4) is 0 Å². The standard InChI is InChI=1S/C20H24FN3O2/c1-15(25)23-11-2-3-12-24-20(26)19(13-16-5-4-10-22-14-16)17-6-8-18(21)9-7-17/h4-10,14,19H,2-3,11-13H2,1H3,(H,23,25)(H,24,26). The van der Waals surface area contributed by atoms with E-state index in [-0.39, 0.29) is 17.6 Å². The highest BCUT2D eigenvalue weighted by atomic mass is 19.1. The van der Waals surface area contributed by atoms with E-state index in [0.29, 0.717) is 19.5 Å². The molecule has 0 saturated carbocycles.